The molecule has 0 aliphatic heterocycles. The monoisotopic (exact) mass is 354 g/mol. The maximum atomic E-state index is 13.5. The zero-order chi connectivity index (χ0) is 17.5. The van der Waals surface area contributed by atoms with Crippen molar-refractivity contribution in [3.8, 4) is 11.5 Å². The molecule has 2 aromatic carbocycles. The molecule has 0 unspecified atom stereocenters. The van der Waals surface area contributed by atoms with Crippen LogP contribution in [0.2, 0.25) is 5.02 Å². The second kappa shape index (κ2) is 8.40. The van der Waals surface area contributed by atoms with Crippen molar-refractivity contribution in [1.82, 2.24) is 0 Å². The van der Waals surface area contributed by atoms with Crippen molar-refractivity contribution in [2.75, 3.05) is 0 Å². The molecule has 0 aliphatic rings. The minimum absolute atomic E-state index is 0.0256. The zero-order valence-electron chi connectivity index (χ0n) is 12.4. The molecule has 0 saturated carbocycles. The highest BCUT2D eigenvalue weighted by atomic mass is 35.5. The Hall–Kier alpha value is -2.47. The summed E-state index contributed by atoms with van der Waals surface area (Å²) in [6.45, 7) is 0. The van der Waals surface area contributed by atoms with Crippen molar-refractivity contribution < 1.29 is 27.8 Å². The van der Waals surface area contributed by atoms with Crippen LogP contribution in [0.15, 0.2) is 42.5 Å². The lowest BCUT2D eigenvalue weighted by Crippen LogP contribution is -2.12. The number of hydrogen-bond donors (Lipinski definition) is 0. The number of carbonyl (C=O) groups excluding carboxylic acids is 2. The van der Waals surface area contributed by atoms with Crippen LogP contribution in [0.25, 0.3) is 0 Å². The van der Waals surface area contributed by atoms with Gasteiger partial charge in [-0.05, 0) is 30.7 Å². The molecule has 0 radical (unpaired) electrons. The van der Waals surface area contributed by atoms with Crippen molar-refractivity contribution in [1.29, 1.82) is 0 Å². The predicted molar refractivity (Wildman–Crippen MR) is 82.9 cm³/mol. The molecule has 0 saturated heterocycles. The smallest absolute Gasteiger partial charge is 0.311 e. The van der Waals surface area contributed by atoms with Crippen LogP contribution in [-0.2, 0) is 9.59 Å². The summed E-state index contributed by atoms with van der Waals surface area (Å²) in [6, 6.07) is 9.37. The number of esters is 2. The first-order valence-electron chi connectivity index (χ1n) is 7.07. The predicted octanol–water partition coefficient (Wildman–Crippen LogP) is 4.30. The Labute approximate surface area is 141 Å². The lowest BCUT2D eigenvalue weighted by molar-refractivity contribution is -0.136. The third kappa shape index (κ3) is 5.03. The average molecular weight is 355 g/mol. The van der Waals surface area contributed by atoms with Crippen molar-refractivity contribution in [2.45, 2.75) is 19.3 Å². The number of para-hydroxylation sites is 2. The molecule has 0 amide bonds. The first kappa shape index (κ1) is 17.9. The van der Waals surface area contributed by atoms with Crippen LogP contribution in [0, 0.1) is 11.6 Å². The first-order chi connectivity index (χ1) is 11.5. The van der Waals surface area contributed by atoms with Crippen molar-refractivity contribution in [3.05, 3.63) is 59.1 Å². The normalized spacial score (nSPS) is 10.3. The molecule has 0 spiro atoms. The van der Waals surface area contributed by atoms with Gasteiger partial charge in [-0.2, -0.15) is 0 Å². The Morgan fingerprint density at radius 1 is 0.875 bits per heavy atom. The van der Waals surface area contributed by atoms with Gasteiger partial charge in [0.1, 0.15) is 0 Å². The molecule has 7 heteroatoms. The van der Waals surface area contributed by atoms with Crippen molar-refractivity contribution in [3.63, 3.8) is 0 Å². The zero-order valence-corrected chi connectivity index (χ0v) is 13.2. The average Bonchev–Trinajstić information content (AvgIpc) is 2.53. The van der Waals surface area contributed by atoms with E-state index in [0.717, 1.165) is 12.1 Å². The lowest BCUT2D eigenvalue weighted by atomic mass is 10.2. The third-order valence-electron chi connectivity index (χ3n) is 2.96. The van der Waals surface area contributed by atoms with E-state index in [0.29, 0.717) is 0 Å². The molecular weight excluding hydrogens is 342 g/mol. The number of hydrogen-bond acceptors (Lipinski definition) is 4. The maximum Gasteiger partial charge on any atom is 0.311 e. The van der Waals surface area contributed by atoms with Gasteiger partial charge in [0.2, 0.25) is 0 Å². The molecular formula is C17H13ClF2O4. The summed E-state index contributed by atoms with van der Waals surface area (Å²) in [4.78, 5) is 23.2. The summed E-state index contributed by atoms with van der Waals surface area (Å²) >= 11 is 5.74. The minimum atomic E-state index is -0.755. The Morgan fingerprint density at radius 3 is 2.17 bits per heavy atom. The highest BCUT2D eigenvalue weighted by molar-refractivity contribution is 6.32. The van der Waals surface area contributed by atoms with E-state index in [-0.39, 0.29) is 35.8 Å². The van der Waals surface area contributed by atoms with E-state index in [2.05, 4.69) is 0 Å². The molecule has 0 atom stereocenters. The second-order valence-corrected chi connectivity index (χ2v) is 5.19. The van der Waals surface area contributed by atoms with Crippen LogP contribution >= 0.6 is 11.6 Å². The molecule has 0 fully saturated rings. The van der Waals surface area contributed by atoms with Gasteiger partial charge in [0, 0.05) is 12.8 Å². The van der Waals surface area contributed by atoms with Gasteiger partial charge >= 0.3 is 11.9 Å². The Bertz CT molecular complexity index is 729. The fourth-order valence-corrected chi connectivity index (χ4v) is 2.02. The van der Waals surface area contributed by atoms with Gasteiger partial charge in [0.05, 0.1) is 5.02 Å². The highest BCUT2D eigenvalue weighted by Crippen LogP contribution is 2.27. The summed E-state index contributed by atoms with van der Waals surface area (Å²) in [5, 5.41) is -0.0256. The van der Waals surface area contributed by atoms with Gasteiger partial charge in [-0.15, -0.1) is 0 Å². The Balaban J connectivity index is 1.78. The number of ether oxygens (including phenoxy) is 2. The Morgan fingerprint density at radius 2 is 1.50 bits per heavy atom. The topological polar surface area (TPSA) is 52.6 Å². The highest BCUT2D eigenvalue weighted by Gasteiger charge is 2.14. The van der Waals surface area contributed by atoms with Crippen LogP contribution in [0.1, 0.15) is 19.3 Å². The second-order valence-electron chi connectivity index (χ2n) is 4.78. The van der Waals surface area contributed by atoms with Gasteiger partial charge < -0.3 is 9.47 Å². The SMILES string of the molecule is O=C(CCCC(=O)Oc1c(F)cccc1Cl)Oc1ccccc1F. The lowest BCUT2D eigenvalue weighted by Gasteiger charge is -2.07. The van der Waals surface area contributed by atoms with Crippen LogP contribution in [-0.4, -0.2) is 11.9 Å². The van der Waals surface area contributed by atoms with E-state index in [1.165, 1.54) is 30.3 Å². The van der Waals surface area contributed by atoms with Gasteiger partial charge in [-0.1, -0.05) is 29.8 Å². The van der Waals surface area contributed by atoms with Crippen molar-refractivity contribution in [2.24, 2.45) is 0 Å². The van der Waals surface area contributed by atoms with Gasteiger partial charge in [0.25, 0.3) is 0 Å². The van der Waals surface area contributed by atoms with Gasteiger partial charge in [-0.25, -0.2) is 8.78 Å². The molecule has 24 heavy (non-hydrogen) atoms. The maximum absolute atomic E-state index is 13.5. The molecule has 4 nitrogen and oxygen atoms in total. The molecule has 0 bridgehead atoms. The molecule has 126 valence electrons. The quantitative estimate of drug-likeness (QED) is 0.573. The number of halogens is 3. The van der Waals surface area contributed by atoms with Crippen LogP contribution in [0.3, 0.4) is 0 Å². The van der Waals surface area contributed by atoms with Crippen LogP contribution in [0.5, 0.6) is 11.5 Å². The number of carbonyl (C=O) groups is 2. The summed E-state index contributed by atoms with van der Waals surface area (Å²) in [6.07, 6.45) is -0.149. The van der Waals surface area contributed by atoms with Gasteiger partial charge in [-0.3, -0.25) is 9.59 Å². The fourth-order valence-electron chi connectivity index (χ4n) is 1.82. The van der Waals surface area contributed by atoms with Crippen molar-refractivity contribution >= 4 is 23.5 Å². The van der Waals surface area contributed by atoms with E-state index >= 15 is 0 Å². The molecule has 2 aromatic rings. The molecule has 0 aliphatic carbocycles. The van der Waals surface area contributed by atoms with E-state index in [9.17, 15) is 18.4 Å². The minimum Gasteiger partial charge on any atom is -0.423 e. The molecule has 0 N–H and O–H groups in total. The number of rotatable bonds is 6. The molecule has 0 heterocycles. The summed E-state index contributed by atoms with van der Waals surface area (Å²) in [5.74, 6) is -3.35. The van der Waals surface area contributed by atoms with Gasteiger partial charge in [0.15, 0.2) is 23.1 Å². The fraction of sp³-hybridized carbons (Fsp3) is 0.176. The standard InChI is InChI=1S/C17H13ClF2O4/c18-11-5-3-7-13(20)17(11)24-16(22)10-4-9-15(21)23-14-8-2-1-6-12(14)19/h1-3,5-8H,4,9-10H2. The summed E-state index contributed by atoms with van der Waals surface area (Å²) in [7, 11) is 0. The van der Waals surface area contributed by atoms with Crippen LogP contribution < -0.4 is 9.47 Å². The van der Waals surface area contributed by atoms with E-state index in [1.54, 1.807) is 0 Å². The number of benzene rings is 2. The molecule has 2 rings (SSSR count). The largest absolute Gasteiger partial charge is 0.423 e. The summed E-state index contributed by atoms with van der Waals surface area (Å²) in [5.41, 5.74) is 0. The van der Waals surface area contributed by atoms with E-state index in [4.69, 9.17) is 21.1 Å². The van der Waals surface area contributed by atoms with Crippen LogP contribution in [0.4, 0.5) is 8.78 Å². The Kier molecular flexibility index (Phi) is 6.26. The molecule has 0 aromatic heterocycles. The first-order valence-corrected chi connectivity index (χ1v) is 7.45. The summed E-state index contributed by atoms with van der Waals surface area (Å²) < 4.78 is 36.5. The third-order valence-corrected chi connectivity index (χ3v) is 3.25. The van der Waals surface area contributed by atoms with E-state index in [1.807, 2.05) is 0 Å². The van der Waals surface area contributed by atoms with E-state index < -0.39 is 23.6 Å².